The van der Waals surface area contributed by atoms with Crippen molar-refractivity contribution >= 4 is 0 Å². The highest BCUT2D eigenvalue weighted by atomic mass is 16.6. The van der Waals surface area contributed by atoms with E-state index in [1.807, 2.05) is 27.7 Å². The van der Waals surface area contributed by atoms with Gasteiger partial charge in [-0.05, 0) is 47.0 Å². The summed E-state index contributed by atoms with van der Waals surface area (Å²) in [6.45, 7) is 8.32. The van der Waals surface area contributed by atoms with E-state index in [-0.39, 0.29) is 5.60 Å². The van der Waals surface area contributed by atoms with Crippen LogP contribution in [0.15, 0.2) is 0 Å². The second-order valence-electron chi connectivity index (χ2n) is 4.79. The zero-order valence-corrected chi connectivity index (χ0v) is 9.80. The quantitative estimate of drug-likeness (QED) is 0.375. The highest BCUT2D eigenvalue weighted by Gasteiger charge is 2.16. The molecule has 0 aliphatic carbocycles. The van der Waals surface area contributed by atoms with Gasteiger partial charge in [0.05, 0.1) is 5.60 Å². The number of unbranched alkanes of at least 4 members (excludes halogenated alkanes) is 1. The van der Waals surface area contributed by atoms with Crippen molar-refractivity contribution in [3.63, 3.8) is 0 Å². The van der Waals surface area contributed by atoms with Crippen molar-refractivity contribution in [3.8, 4) is 0 Å². The molecule has 86 valence electrons. The van der Waals surface area contributed by atoms with E-state index in [4.69, 9.17) is 21.2 Å². The molecule has 0 heterocycles. The lowest BCUT2D eigenvalue weighted by atomic mass is 10.0. The molecule has 14 heavy (non-hydrogen) atoms. The molecule has 0 aromatic carbocycles. The fourth-order valence-corrected chi connectivity index (χ4v) is 1.05. The molecule has 0 saturated heterocycles. The summed E-state index contributed by atoms with van der Waals surface area (Å²) >= 11 is 0. The molecule has 4 N–H and O–H groups in total. The first-order valence-electron chi connectivity index (χ1n) is 5.07. The Morgan fingerprint density at radius 3 is 2.07 bits per heavy atom. The van der Waals surface area contributed by atoms with Crippen LogP contribution in [0.1, 0.15) is 47.0 Å². The van der Waals surface area contributed by atoms with E-state index in [9.17, 15) is 0 Å². The van der Waals surface area contributed by atoms with Gasteiger partial charge in [-0.25, -0.2) is 5.90 Å². The number of hydrogen-bond acceptors (Lipinski definition) is 4. The maximum absolute atomic E-state index is 5.66. The summed E-state index contributed by atoms with van der Waals surface area (Å²) in [6, 6.07) is 0. The topological polar surface area (TPSA) is 70.5 Å². The van der Waals surface area contributed by atoms with Gasteiger partial charge >= 0.3 is 0 Å². The van der Waals surface area contributed by atoms with Gasteiger partial charge < -0.3 is 10.5 Å². The Labute approximate surface area is 86.9 Å². The van der Waals surface area contributed by atoms with Gasteiger partial charge in [0.2, 0.25) is 0 Å². The third-order valence-corrected chi connectivity index (χ3v) is 1.97. The molecule has 4 nitrogen and oxygen atoms in total. The summed E-state index contributed by atoms with van der Waals surface area (Å²) in [7, 11) is 0. The zero-order chi connectivity index (χ0) is 11.2. The molecule has 0 radical (unpaired) electrons. The molecular formula is C10H24N2O2. The Hall–Kier alpha value is -0.160. The van der Waals surface area contributed by atoms with Crippen molar-refractivity contribution in [1.82, 2.24) is 0 Å². The molecule has 0 aliphatic heterocycles. The molecule has 0 bridgehead atoms. The minimum atomic E-state index is -0.528. The van der Waals surface area contributed by atoms with Gasteiger partial charge in [-0.15, -0.1) is 0 Å². The van der Waals surface area contributed by atoms with Crippen molar-refractivity contribution in [2.75, 3.05) is 6.61 Å². The average molecular weight is 204 g/mol. The largest absolute Gasteiger partial charge is 0.361 e. The summed E-state index contributed by atoms with van der Waals surface area (Å²) in [6.07, 6.45) is 2.94. The van der Waals surface area contributed by atoms with Gasteiger partial charge in [-0.1, -0.05) is 0 Å². The first-order chi connectivity index (χ1) is 6.27. The smallest absolute Gasteiger partial charge is 0.111 e. The van der Waals surface area contributed by atoms with Gasteiger partial charge in [-0.2, -0.15) is 0 Å². The van der Waals surface area contributed by atoms with Crippen molar-refractivity contribution in [2.24, 2.45) is 11.6 Å². The maximum Gasteiger partial charge on any atom is 0.111 e. The first kappa shape index (κ1) is 13.8. The Bertz CT molecular complexity index is 153. The Morgan fingerprint density at radius 1 is 1.07 bits per heavy atom. The van der Waals surface area contributed by atoms with Gasteiger partial charge in [0, 0.05) is 6.61 Å². The SMILES string of the molecule is CC(C)(N)OCCCCC(C)(C)ON. The number of rotatable bonds is 7. The molecule has 0 aliphatic rings. The predicted molar refractivity (Wildman–Crippen MR) is 57.4 cm³/mol. The third kappa shape index (κ3) is 8.44. The van der Waals surface area contributed by atoms with E-state index >= 15 is 0 Å². The second kappa shape index (κ2) is 5.66. The molecule has 0 aromatic rings. The van der Waals surface area contributed by atoms with Crippen LogP contribution in [0.2, 0.25) is 0 Å². The number of hydrogen-bond donors (Lipinski definition) is 2. The zero-order valence-electron chi connectivity index (χ0n) is 9.80. The third-order valence-electron chi connectivity index (χ3n) is 1.97. The molecule has 0 atom stereocenters. The summed E-state index contributed by atoms with van der Waals surface area (Å²) in [5.41, 5.74) is 4.90. The average Bonchev–Trinajstić information content (AvgIpc) is 2.01. The van der Waals surface area contributed by atoms with Crippen LogP contribution in [0.3, 0.4) is 0 Å². The van der Waals surface area contributed by atoms with Crippen LogP contribution >= 0.6 is 0 Å². The second-order valence-corrected chi connectivity index (χ2v) is 4.79. The minimum absolute atomic E-state index is 0.238. The molecule has 0 amide bonds. The molecular weight excluding hydrogens is 180 g/mol. The molecule has 0 rings (SSSR count). The highest BCUT2D eigenvalue weighted by Crippen LogP contribution is 2.15. The van der Waals surface area contributed by atoms with Crippen LogP contribution in [-0.2, 0) is 9.57 Å². The summed E-state index contributed by atoms with van der Waals surface area (Å²) < 4.78 is 5.38. The van der Waals surface area contributed by atoms with Gasteiger partial charge in [-0.3, -0.25) is 4.84 Å². The van der Waals surface area contributed by atoms with Crippen LogP contribution < -0.4 is 11.6 Å². The molecule has 0 spiro atoms. The Kier molecular flexibility index (Phi) is 5.59. The predicted octanol–water partition coefficient (Wildman–Crippen LogP) is 1.54. The summed E-state index contributed by atoms with van der Waals surface area (Å²) in [5.74, 6) is 5.14. The van der Waals surface area contributed by atoms with Crippen LogP contribution in [0.5, 0.6) is 0 Å². The number of nitrogens with two attached hydrogens (primary N) is 2. The lowest BCUT2D eigenvalue weighted by molar-refractivity contribution is -0.0349. The van der Waals surface area contributed by atoms with Crippen molar-refractivity contribution in [2.45, 2.75) is 58.3 Å². The van der Waals surface area contributed by atoms with E-state index in [0.29, 0.717) is 6.61 Å². The standard InChI is InChI=1S/C10H24N2O2/c1-9(2,14-12)7-5-6-8-13-10(3,4)11/h5-8,11-12H2,1-4H3. The minimum Gasteiger partial charge on any atom is -0.361 e. The van der Waals surface area contributed by atoms with Crippen LogP contribution in [0, 0.1) is 0 Å². The van der Waals surface area contributed by atoms with E-state index in [0.717, 1.165) is 19.3 Å². The molecule has 0 aromatic heterocycles. The number of ether oxygens (including phenoxy) is 1. The fraction of sp³-hybridized carbons (Fsp3) is 1.00. The Morgan fingerprint density at radius 2 is 1.64 bits per heavy atom. The van der Waals surface area contributed by atoms with E-state index in [1.165, 1.54) is 0 Å². The lowest BCUT2D eigenvalue weighted by Crippen LogP contribution is -2.35. The van der Waals surface area contributed by atoms with E-state index in [2.05, 4.69) is 0 Å². The molecule has 0 saturated carbocycles. The Balaban J connectivity index is 3.39. The van der Waals surface area contributed by atoms with Crippen LogP contribution in [0.25, 0.3) is 0 Å². The maximum atomic E-state index is 5.66. The van der Waals surface area contributed by atoms with Crippen molar-refractivity contribution in [3.05, 3.63) is 0 Å². The molecule has 0 unspecified atom stereocenters. The molecule has 4 heteroatoms. The van der Waals surface area contributed by atoms with Crippen LogP contribution in [0.4, 0.5) is 0 Å². The lowest BCUT2D eigenvalue weighted by Gasteiger charge is -2.22. The molecule has 0 fully saturated rings. The van der Waals surface area contributed by atoms with Gasteiger partial charge in [0.1, 0.15) is 5.72 Å². The van der Waals surface area contributed by atoms with E-state index in [1.54, 1.807) is 0 Å². The van der Waals surface area contributed by atoms with E-state index < -0.39 is 5.72 Å². The normalized spacial score (nSPS) is 13.3. The van der Waals surface area contributed by atoms with Gasteiger partial charge in [0.15, 0.2) is 0 Å². The van der Waals surface area contributed by atoms with Gasteiger partial charge in [0.25, 0.3) is 0 Å². The summed E-state index contributed by atoms with van der Waals surface area (Å²) in [5, 5.41) is 0. The first-order valence-corrected chi connectivity index (χ1v) is 5.07. The monoisotopic (exact) mass is 204 g/mol. The van der Waals surface area contributed by atoms with Crippen molar-refractivity contribution < 1.29 is 9.57 Å². The highest BCUT2D eigenvalue weighted by molar-refractivity contribution is 4.66. The van der Waals surface area contributed by atoms with Crippen LogP contribution in [-0.4, -0.2) is 17.9 Å². The summed E-state index contributed by atoms with van der Waals surface area (Å²) in [4.78, 5) is 4.82. The fourth-order valence-electron chi connectivity index (χ4n) is 1.05. The van der Waals surface area contributed by atoms with Crippen molar-refractivity contribution in [1.29, 1.82) is 0 Å².